The Labute approximate surface area is 197 Å². The van der Waals surface area contributed by atoms with E-state index in [4.69, 9.17) is 11.6 Å². The number of halogens is 1. The second-order valence-corrected chi connectivity index (χ2v) is 9.79. The lowest BCUT2D eigenvalue weighted by Crippen LogP contribution is -2.37. The molecule has 4 rings (SSSR count). The molecule has 1 aliphatic heterocycles. The third-order valence-corrected chi connectivity index (χ3v) is 6.42. The van der Waals surface area contributed by atoms with Crippen LogP contribution in [0.25, 0.3) is 11.0 Å². The van der Waals surface area contributed by atoms with Crippen molar-refractivity contribution in [3.63, 3.8) is 0 Å². The van der Waals surface area contributed by atoms with E-state index in [1.807, 2.05) is 18.2 Å². The fourth-order valence-corrected chi connectivity index (χ4v) is 4.36. The van der Waals surface area contributed by atoms with Gasteiger partial charge >= 0.3 is 5.69 Å². The summed E-state index contributed by atoms with van der Waals surface area (Å²) in [5, 5.41) is 23.3. The Morgan fingerprint density at radius 2 is 2.09 bits per heavy atom. The number of nitrogens with zero attached hydrogens (tertiary/aromatic N) is 5. The number of aliphatic hydroxyl groups excluding tert-OH is 1. The minimum absolute atomic E-state index is 0.128. The Kier molecular flexibility index (Phi) is 6.65. The number of hydrogen-bond donors (Lipinski definition) is 3. The topological polar surface area (TPSA) is 108 Å². The van der Waals surface area contributed by atoms with Crippen molar-refractivity contribution in [3.8, 4) is 0 Å². The molecular formula is C23H31ClN6O3. The largest absolute Gasteiger partial charge is 0.396 e. The molecule has 0 spiro atoms. The number of benzene rings is 1. The van der Waals surface area contributed by atoms with Crippen LogP contribution in [-0.2, 0) is 13.6 Å². The fourth-order valence-electron chi connectivity index (χ4n) is 4.22. The van der Waals surface area contributed by atoms with Gasteiger partial charge in [0.2, 0.25) is 5.95 Å². The van der Waals surface area contributed by atoms with Crippen LogP contribution in [0.2, 0.25) is 5.02 Å². The molecule has 0 radical (unpaired) electrons. The van der Waals surface area contributed by atoms with Crippen molar-refractivity contribution < 1.29 is 10.2 Å². The van der Waals surface area contributed by atoms with E-state index in [-0.39, 0.29) is 18.2 Å². The predicted molar refractivity (Wildman–Crippen MR) is 130 cm³/mol. The number of hydrogen-bond acceptors (Lipinski definition) is 7. The molecule has 1 atom stereocenters. The highest BCUT2D eigenvalue weighted by atomic mass is 35.5. The molecule has 0 aliphatic carbocycles. The summed E-state index contributed by atoms with van der Waals surface area (Å²) in [5.41, 5.74) is 1.31. The van der Waals surface area contributed by atoms with Crippen molar-refractivity contribution in [2.24, 2.45) is 13.0 Å². The molecule has 1 unspecified atom stereocenters. The number of aliphatic hydroxyl groups is 2. The molecule has 0 amide bonds. The Morgan fingerprint density at radius 3 is 2.82 bits per heavy atom. The first-order valence-electron chi connectivity index (χ1n) is 11.2. The van der Waals surface area contributed by atoms with E-state index in [9.17, 15) is 15.0 Å². The van der Waals surface area contributed by atoms with Crippen LogP contribution in [0.1, 0.15) is 33.1 Å². The standard InChI is InChI=1S/C23H31ClN6O3/c1-23(2,33)8-10-30-19-11-16(6-7-18(19)28(3)22(30)32)26-20-17(24)12-25-21(27-20)29-9-4-5-15(13-29)14-31/h6-7,11-12,15,31,33H,4-5,8-10,13-14H2,1-3H3,(H,25,26,27). The molecule has 2 aromatic heterocycles. The molecule has 9 nitrogen and oxygen atoms in total. The van der Waals surface area contributed by atoms with Gasteiger partial charge in [-0.3, -0.25) is 9.13 Å². The zero-order chi connectivity index (χ0) is 23.8. The van der Waals surface area contributed by atoms with Crippen LogP contribution in [0.15, 0.2) is 29.2 Å². The van der Waals surface area contributed by atoms with E-state index in [1.165, 1.54) is 0 Å². The van der Waals surface area contributed by atoms with E-state index in [1.54, 1.807) is 36.2 Å². The maximum Gasteiger partial charge on any atom is 0.328 e. The Hall–Kier alpha value is -2.62. The second-order valence-electron chi connectivity index (χ2n) is 9.39. The monoisotopic (exact) mass is 474 g/mol. The lowest BCUT2D eigenvalue weighted by molar-refractivity contribution is 0.0662. The van der Waals surface area contributed by atoms with Gasteiger partial charge in [-0.1, -0.05) is 11.6 Å². The minimum Gasteiger partial charge on any atom is -0.396 e. The van der Waals surface area contributed by atoms with Gasteiger partial charge in [0.25, 0.3) is 0 Å². The van der Waals surface area contributed by atoms with Gasteiger partial charge < -0.3 is 20.4 Å². The van der Waals surface area contributed by atoms with Crippen LogP contribution in [-0.4, -0.2) is 54.6 Å². The maximum absolute atomic E-state index is 12.8. The van der Waals surface area contributed by atoms with E-state index in [2.05, 4.69) is 20.2 Å². The van der Waals surface area contributed by atoms with Gasteiger partial charge in [-0.25, -0.2) is 9.78 Å². The first-order valence-corrected chi connectivity index (χ1v) is 11.6. The van der Waals surface area contributed by atoms with Crippen molar-refractivity contribution >= 4 is 40.1 Å². The molecule has 1 aromatic carbocycles. The predicted octanol–water partition coefficient (Wildman–Crippen LogP) is 2.90. The van der Waals surface area contributed by atoms with Crippen LogP contribution in [0.5, 0.6) is 0 Å². The number of piperidine rings is 1. The van der Waals surface area contributed by atoms with Gasteiger partial charge in [-0.15, -0.1) is 0 Å². The summed E-state index contributed by atoms with van der Waals surface area (Å²) in [6, 6.07) is 5.65. The highest BCUT2D eigenvalue weighted by Crippen LogP contribution is 2.28. The fraction of sp³-hybridized carbons (Fsp3) is 0.522. The van der Waals surface area contributed by atoms with E-state index >= 15 is 0 Å². The molecule has 10 heteroatoms. The normalized spacial score (nSPS) is 17.0. The second kappa shape index (κ2) is 9.32. The number of aryl methyl sites for hydroxylation is 2. The van der Waals surface area contributed by atoms with Crippen LogP contribution in [0, 0.1) is 5.92 Å². The molecule has 0 saturated carbocycles. The lowest BCUT2D eigenvalue weighted by Gasteiger charge is -2.32. The summed E-state index contributed by atoms with van der Waals surface area (Å²) in [5.74, 6) is 1.27. The highest BCUT2D eigenvalue weighted by Gasteiger charge is 2.22. The van der Waals surface area contributed by atoms with Gasteiger partial charge in [0.1, 0.15) is 5.02 Å². The number of imidazole rings is 1. The quantitative estimate of drug-likeness (QED) is 0.483. The van der Waals surface area contributed by atoms with Gasteiger partial charge in [0.15, 0.2) is 5.82 Å². The Bertz CT molecular complexity index is 1200. The molecule has 3 heterocycles. The maximum atomic E-state index is 12.8. The molecule has 1 fully saturated rings. The van der Waals surface area contributed by atoms with Crippen molar-refractivity contribution in [1.29, 1.82) is 0 Å². The van der Waals surface area contributed by atoms with Gasteiger partial charge in [-0.05, 0) is 57.2 Å². The SMILES string of the molecule is Cn1c(=O)n(CCC(C)(C)O)c2cc(Nc3nc(N4CCCC(CO)C4)ncc3Cl)ccc21. The van der Waals surface area contributed by atoms with E-state index in [0.717, 1.165) is 36.1 Å². The van der Waals surface area contributed by atoms with Gasteiger partial charge in [-0.2, -0.15) is 4.98 Å². The molecule has 1 aliphatic rings. The van der Waals surface area contributed by atoms with Crippen LogP contribution < -0.4 is 15.9 Å². The summed E-state index contributed by atoms with van der Waals surface area (Å²) >= 11 is 6.39. The molecule has 33 heavy (non-hydrogen) atoms. The Morgan fingerprint density at radius 1 is 1.30 bits per heavy atom. The zero-order valence-corrected chi connectivity index (χ0v) is 20.0. The van der Waals surface area contributed by atoms with Crippen LogP contribution >= 0.6 is 11.6 Å². The zero-order valence-electron chi connectivity index (χ0n) is 19.3. The molecule has 178 valence electrons. The number of aromatic nitrogens is 4. The van der Waals surface area contributed by atoms with E-state index in [0.29, 0.717) is 36.3 Å². The molecule has 3 N–H and O–H groups in total. The third-order valence-electron chi connectivity index (χ3n) is 6.15. The first-order chi connectivity index (χ1) is 15.7. The number of anilines is 3. The Balaban J connectivity index is 1.63. The average Bonchev–Trinajstić information content (AvgIpc) is 3.02. The minimum atomic E-state index is -0.869. The smallest absolute Gasteiger partial charge is 0.328 e. The summed E-state index contributed by atoms with van der Waals surface area (Å²) in [6.45, 7) is 5.57. The van der Waals surface area contributed by atoms with Gasteiger partial charge in [0.05, 0.1) is 22.8 Å². The van der Waals surface area contributed by atoms with Crippen molar-refractivity contribution in [2.45, 2.75) is 45.3 Å². The molecular weight excluding hydrogens is 444 g/mol. The molecule has 3 aromatic rings. The third kappa shape index (κ3) is 5.15. The highest BCUT2D eigenvalue weighted by molar-refractivity contribution is 6.32. The molecule has 0 bridgehead atoms. The number of nitrogens with one attached hydrogen (secondary N) is 1. The molecule has 1 saturated heterocycles. The van der Waals surface area contributed by atoms with Crippen molar-refractivity contribution in [1.82, 2.24) is 19.1 Å². The average molecular weight is 475 g/mol. The van der Waals surface area contributed by atoms with Crippen LogP contribution in [0.3, 0.4) is 0 Å². The van der Waals surface area contributed by atoms with E-state index < -0.39 is 5.60 Å². The van der Waals surface area contributed by atoms with Crippen LogP contribution in [0.4, 0.5) is 17.5 Å². The number of fused-ring (bicyclic) bond motifs is 1. The lowest BCUT2D eigenvalue weighted by atomic mass is 9.99. The summed E-state index contributed by atoms with van der Waals surface area (Å²) in [4.78, 5) is 23.9. The number of rotatable bonds is 7. The van der Waals surface area contributed by atoms with Crippen molar-refractivity contribution in [3.05, 3.63) is 39.9 Å². The summed E-state index contributed by atoms with van der Waals surface area (Å²) in [7, 11) is 1.74. The summed E-state index contributed by atoms with van der Waals surface area (Å²) in [6.07, 6.45) is 4.01. The van der Waals surface area contributed by atoms with Gasteiger partial charge in [0, 0.05) is 39.0 Å². The summed E-state index contributed by atoms with van der Waals surface area (Å²) < 4.78 is 3.28. The first kappa shape index (κ1) is 23.5. The van der Waals surface area contributed by atoms with Crippen molar-refractivity contribution in [2.75, 3.05) is 29.9 Å².